The van der Waals surface area contributed by atoms with Crippen molar-refractivity contribution in [2.75, 3.05) is 19.3 Å². The summed E-state index contributed by atoms with van der Waals surface area (Å²) in [6, 6.07) is 0. The first-order valence-electron chi connectivity index (χ1n) is 3.10. The van der Waals surface area contributed by atoms with Crippen LogP contribution in [0.1, 0.15) is 6.42 Å². The van der Waals surface area contributed by atoms with Crippen LogP contribution in [-0.4, -0.2) is 27.8 Å². The van der Waals surface area contributed by atoms with Gasteiger partial charge in [-0.2, -0.15) is 8.42 Å². The minimum absolute atomic E-state index is 0.164. The van der Waals surface area contributed by atoms with Gasteiger partial charge in [0, 0.05) is 6.42 Å². The molecular formula is C5H11N2O3S+. The molecule has 0 saturated carbocycles. The summed E-state index contributed by atoms with van der Waals surface area (Å²) >= 11 is 0. The molecule has 0 aliphatic rings. The molecule has 0 amide bonds. The highest BCUT2D eigenvalue weighted by Gasteiger charge is 2.14. The molecule has 0 aromatic rings. The van der Waals surface area contributed by atoms with Crippen LogP contribution in [-0.2, 0) is 10.0 Å². The highest BCUT2D eigenvalue weighted by molar-refractivity contribution is 7.85. The topological polar surface area (TPSA) is 66.0 Å². The zero-order valence-electron chi connectivity index (χ0n) is 6.28. The fourth-order valence-corrected chi connectivity index (χ4v) is 1.29. The largest absolute Gasteiger partial charge is 0.618 e. The molecule has 11 heavy (non-hydrogen) atoms. The predicted molar refractivity (Wildman–Crippen MR) is 41.8 cm³/mol. The van der Waals surface area contributed by atoms with E-state index in [4.69, 9.17) is 6.57 Å². The van der Waals surface area contributed by atoms with Crippen LogP contribution in [0.4, 0.5) is 0 Å². The van der Waals surface area contributed by atoms with Gasteiger partial charge >= 0.3 is 0 Å². The van der Waals surface area contributed by atoms with Crippen molar-refractivity contribution in [3.63, 3.8) is 0 Å². The molecule has 0 rings (SSSR count). The van der Waals surface area contributed by atoms with E-state index < -0.39 is 14.5 Å². The predicted octanol–water partition coefficient (Wildman–Crippen LogP) is -1.32. The Morgan fingerprint density at radius 3 is 2.55 bits per heavy atom. The van der Waals surface area contributed by atoms with Gasteiger partial charge < -0.3 is 5.21 Å². The van der Waals surface area contributed by atoms with E-state index in [2.05, 4.69) is 4.85 Å². The summed E-state index contributed by atoms with van der Waals surface area (Å²) in [6.07, 6.45) is 0.304. The monoisotopic (exact) mass is 179 g/mol. The number of nitrogens with zero attached hydrogens (tertiary/aromatic N) is 1. The van der Waals surface area contributed by atoms with Crippen LogP contribution in [0.5, 0.6) is 0 Å². The summed E-state index contributed by atoms with van der Waals surface area (Å²) < 4.78 is 20.7. The van der Waals surface area contributed by atoms with Crippen molar-refractivity contribution >= 4 is 10.0 Å². The van der Waals surface area contributed by atoms with Gasteiger partial charge in [-0.05, 0) is 0 Å². The third-order valence-electron chi connectivity index (χ3n) is 1.14. The quantitative estimate of drug-likeness (QED) is 0.430. The number of quaternary nitrogens is 1. The molecule has 0 aliphatic heterocycles. The molecule has 0 aromatic carbocycles. The molecule has 0 heterocycles. The maximum atomic E-state index is 10.8. The van der Waals surface area contributed by atoms with Gasteiger partial charge in [0.15, 0.2) is 0 Å². The molecule has 0 aliphatic carbocycles. The number of rotatable bonds is 4. The summed E-state index contributed by atoms with van der Waals surface area (Å²) in [5.41, 5.74) is 0. The van der Waals surface area contributed by atoms with Crippen molar-refractivity contribution in [2.45, 2.75) is 6.42 Å². The number of hydrogen-bond acceptors (Lipinski definition) is 3. The number of hydrogen-bond donors (Lipinski definition) is 1. The maximum Gasteiger partial charge on any atom is 0.295 e. The van der Waals surface area contributed by atoms with Crippen LogP contribution < -0.4 is 4.47 Å². The Labute approximate surface area is 66.1 Å². The second-order valence-electron chi connectivity index (χ2n) is 2.07. The van der Waals surface area contributed by atoms with Crippen LogP contribution in [0.15, 0.2) is 0 Å². The molecular weight excluding hydrogens is 168 g/mol. The molecule has 1 N–H and O–H groups in total. The lowest BCUT2D eigenvalue weighted by atomic mass is 10.5. The average Bonchev–Trinajstić information content (AvgIpc) is 1.88. The van der Waals surface area contributed by atoms with Gasteiger partial charge in [0.2, 0.25) is 0 Å². The first-order chi connectivity index (χ1) is 5.00. The van der Waals surface area contributed by atoms with E-state index in [1.165, 1.54) is 0 Å². The molecule has 0 bridgehead atoms. The second kappa shape index (κ2) is 4.28. The minimum Gasteiger partial charge on any atom is -0.618 e. The Kier molecular flexibility index (Phi) is 4.03. The summed E-state index contributed by atoms with van der Waals surface area (Å²) in [6.45, 7) is 5.05. The number of sulfonamides is 1. The van der Waals surface area contributed by atoms with E-state index in [0.717, 1.165) is 7.05 Å². The van der Waals surface area contributed by atoms with E-state index in [1.807, 2.05) is 0 Å². The standard InChI is InChI=1S/C5H11N2O3S/c1-6-4-3-5-11(9,10)7(2)8/h1,7H,3-5H2,2H3/q+1. The third-order valence-corrected chi connectivity index (χ3v) is 2.84. The van der Waals surface area contributed by atoms with Gasteiger partial charge in [-0.25, -0.2) is 0 Å². The Balaban J connectivity index is 3.87. The first kappa shape index (κ1) is 10.4. The molecule has 0 aromatic heterocycles. The van der Waals surface area contributed by atoms with Crippen LogP contribution in [0.2, 0.25) is 0 Å². The highest BCUT2D eigenvalue weighted by Crippen LogP contribution is 1.85. The summed E-state index contributed by atoms with van der Waals surface area (Å²) in [4.78, 5) is 3.22. The van der Waals surface area contributed by atoms with Crippen molar-refractivity contribution in [1.29, 1.82) is 0 Å². The molecule has 0 spiro atoms. The van der Waals surface area contributed by atoms with Gasteiger partial charge in [-0.3, -0.25) is 4.47 Å². The average molecular weight is 179 g/mol. The van der Waals surface area contributed by atoms with Crippen LogP contribution in [0, 0.1) is 11.8 Å². The summed E-state index contributed by atoms with van der Waals surface area (Å²) in [5, 5.41) is 10.4. The van der Waals surface area contributed by atoms with Gasteiger partial charge in [0.1, 0.15) is 5.75 Å². The van der Waals surface area contributed by atoms with Gasteiger partial charge in [0.05, 0.1) is 7.05 Å². The number of hydroxylamine groups is 1. The maximum absolute atomic E-state index is 10.8. The molecule has 5 nitrogen and oxygen atoms in total. The van der Waals surface area contributed by atoms with E-state index in [-0.39, 0.29) is 12.3 Å². The van der Waals surface area contributed by atoms with Crippen molar-refractivity contribution in [3.8, 4) is 6.57 Å². The highest BCUT2D eigenvalue weighted by atomic mass is 32.2. The van der Waals surface area contributed by atoms with Gasteiger partial charge in [0.25, 0.3) is 23.1 Å². The summed E-state index contributed by atoms with van der Waals surface area (Å²) in [5.74, 6) is -0.164. The zero-order valence-corrected chi connectivity index (χ0v) is 7.10. The van der Waals surface area contributed by atoms with Crippen molar-refractivity contribution in [1.82, 2.24) is 0 Å². The van der Waals surface area contributed by atoms with E-state index in [9.17, 15) is 13.6 Å². The van der Waals surface area contributed by atoms with Crippen molar-refractivity contribution < 1.29 is 12.9 Å². The Morgan fingerprint density at radius 2 is 2.18 bits per heavy atom. The normalized spacial score (nSPS) is 13.9. The molecule has 6 heteroatoms. The van der Waals surface area contributed by atoms with Gasteiger partial charge in [-0.1, -0.05) is 4.85 Å². The Hall–Kier alpha value is -0.640. The summed E-state index contributed by atoms with van der Waals surface area (Å²) in [7, 11) is -2.49. The third kappa shape index (κ3) is 3.93. The molecule has 64 valence electrons. The van der Waals surface area contributed by atoms with Crippen LogP contribution in [0.25, 0.3) is 4.85 Å². The number of nitrogens with one attached hydrogen (secondary N) is 1. The zero-order chi connectivity index (χ0) is 8.91. The lowest BCUT2D eigenvalue weighted by Gasteiger charge is -2.14. The Bertz CT molecular complexity index is 239. The minimum atomic E-state index is -3.52. The SMILES string of the molecule is C#[N+]CCCS(=O)(=O)[NH+](C)[O-]. The lowest BCUT2D eigenvalue weighted by molar-refractivity contribution is -0.680. The van der Waals surface area contributed by atoms with Crippen LogP contribution >= 0.6 is 0 Å². The second-order valence-corrected chi connectivity index (χ2v) is 4.28. The van der Waals surface area contributed by atoms with Crippen LogP contribution in [0.3, 0.4) is 0 Å². The fourth-order valence-electron chi connectivity index (χ4n) is 0.490. The first-order valence-corrected chi connectivity index (χ1v) is 4.76. The Morgan fingerprint density at radius 1 is 1.64 bits per heavy atom. The fraction of sp³-hybridized carbons (Fsp3) is 0.800. The van der Waals surface area contributed by atoms with Crippen molar-refractivity contribution in [2.24, 2.45) is 0 Å². The lowest BCUT2D eigenvalue weighted by Crippen LogP contribution is -3.06. The van der Waals surface area contributed by atoms with E-state index in [1.54, 1.807) is 0 Å². The molecule has 1 unspecified atom stereocenters. The molecule has 0 radical (unpaired) electrons. The molecule has 0 saturated heterocycles. The van der Waals surface area contributed by atoms with Gasteiger partial charge in [-0.15, -0.1) is 0 Å². The molecule has 0 fully saturated rings. The van der Waals surface area contributed by atoms with E-state index >= 15 is 0 Å². The van der Waals surface area contributed by atoms with E-state index in [0.29, 0.717) is 6.42 Å². The molecule has 1 atom stereocenters. The van der Waals surface area contributed by atoms with Crippen molar-refractivity contribution in [3.05, 3.63) is 10.1 Å². The smallest absolute Gasteiger partial charge is 0.295 e.